The van der Waals surface area contributed by atoms with E-state index >= 15 is 0 Å². The average molecular weight is 278 g/mol. The van der Waals surface area contributed by atoms with Gasteiger partial charge in [0.2, 0.25) is 0 Å². The van der Waals surface area contributed by atoms with Crippen LogP contribution in [0, 0.1) is 17.8 Å². The standard InChI is InChI=1S/C18H34N2/c1-15-6-8-18(9-7-15)19-11-13-20-12-10-16-4-2-3-5-17(16)14-20/h15-19H,2-14H2,1H3. The lowest BCUT2D eigenvalue weighted by molar-refractivity contribution is 0.0865. The first-order valence-corrected chi connectivity index (χ1v) is 9.27. The third-order valence-electron chi connectivity index (χ3n) is 6.25. The highest BCUT2D eigenvalue weighted by Crippen LogP contribution is 2.35. The first-order chi connectivity index (χ1) is 9.81. The highest BCUT2D eigenvalue weighted by atomic mass is 15.1. The summed E-state index contributed by atoms with van der Waals surface area (Å²) in [5.41, 5.74) is 0. The summed E-state index contributed by atoms with van der Waals surface area (Å²) in [5, 5.41) is 3.82. The number of hydrogen-bond acceptors (Lipinski definition) is 2. The van der Waals surface area contributed by atoms with Crippen LogP contribution in [0.5, 0.6) is 0 Å². The molecule has 1 aliphatic heterocycles. The van der Waals surface area contributed by atoms with Gasteiger partial charge in [0.15, 0.2) is 0 Å². The van der Waals surface area contributed by atoms with Gasteiger partial charge in [-0.1, -0.05) is 26.2 Å². The fraction of sp³-hybridized carbons (Fsp3) is 1.00. The minimum atomic E-state index is 0.818. The summed E-state index contributed by atoms with van der Waals surface area (Å²) in [7, 11) is 0. The van der Waals surface area contributed by atoms with Crippen molar-refractivity contribution >= 4 is 0 Å². The smallest absolute Gasteiger partial charge is 0.0107 e. The molecule has 0 amide bonds. The molecular weight excluding hydrogens is 244 g/mol. The topological polar surface area (TPSA) is 15.3 Å². The van der Waals surface area contributed by atoms with Crippen molar-refractivity contribution in [2.24, 2.45) is 17.8 Å². The number of nitrogens with zero attached hydrogens (tertiary/aromatic N) is 1. The Morgan fingerprint density at radius 2 is 1.65 bits per heavy atom. The minimum Gasteiger partial charge on any atom is -0.313 e. The molecule has 2 aliphatic carbocycles. The third-order valence-corrected chi connectivity index (χ3v) is 6.25. The van der Waals surface area contributed by atoms with Crippen molar-refractivity contribution in [3.63, 3.8) is 0 Å². The Labute approximate surface area is 125 Å². The highest BCUT2D eigenvalue weighted by molar-refractivity contribution is 4.84. The van der Waals surface area contributed by atoms with Gasteiger partial charge in [-0.2, -0.15) is 0 Å². The summed E-state index contributed by atoms with van der Waals surface area (Å²) in [5.74, 6) is 3.08. The second-order valence-electron chi connectivity index (χ2n) is 7.80. The maximum absolute atomic E-state index is 3.82. The second kappa shape index (κ2) is 7.26. The van der Waals surface area contributed by atoms with Gasteiger partial charge < -0.3 is 10.2 Å². The van der Waals surface area contributed by atoms with Crippen LogP contribution in [0.1, 0.15) is 64.7 Å². The van der Waals surface area contributed by atoms with Crippen LogP contribution in [-0.2, 0) is 0 Å². The molecule has 2 saturated carbocycles. The molecule has 0 aromatic rings. The van der Waals surface area contributed by atoms with Gasteiger partial charge in [-0.05, 0) is 62.8 Å². The molecule has 2 heteroatoms. The predicted molar refractivity (Wildman–Crippen MR) is 85.9 cm³/mol. The second-order valence-corrected chi connectivity index (χ2v) is 7.80. The summed E-state index contributed by atoms with van der Waals surface area (Å²) in [6.07, 6.45) is 13.2. The summed E-state index contributed by atoms with van der Waals surface area (Å²) in [6, 6.07) is 0.818. The number of fused-ring (bicyclic) bond motifs is 1. The molecule has 2 nitrogen and oxygen atoms in total. The lowest BCUT2D eigenvalue weighted by Gasteiger charge is -2.41. The summed E-state index contributed by atoms with van der Waals surface area (Å²) in [6.45, 7) is 7.68. The van der Waals surface area contributed by atoms with Gasteiger partial charge in [0, 0.05) is 25.7 Å². The van der Waals surface area contributed by atoms with Gasteiger partial charge in [-0.25, -0.2) is 0 Å². The maximum atomic E-state index is 3.82. The number of piperidine rings is 1. The van der Waals surface area contributed by atoms with Gasteiger partial charge in [-0.15, -0.1) is 0 Å². The number of nitrogens with one attached hydrogen (secondary N) is 1. The molecule has 2 unspecified atom stereocenters. The van der Waals surface area contributed by atoms with Crippen molar-refractivity contribution in [1.82, 2.24) is 10.2 Å². The van der Waals surface area contributed by atoms with Crippen molar-refractivity contribution in [2.75, 3.05) is 26.2 Å². The molecule has 1 heterocycles. The Bertz CT molecular complexity index is 283. The Morgan fingerprint density at radius 3 is 2.45 bits per heavy atom. The van der Waals surface area contributed by atoms with E-state index in [4.69, 9.17) is 0 Å². The van der Waals surface area contributed by atoms with E-state index in [2.05, 4.69) is 17.1 Å². The first kappa shape index (κ1) is 14.8. The van der Waals surface area contributed by atoms with Crippen molar-refractivity contribution in [1.29, 1.82) is 0 Å². The van der Waals surface area contributed by atoms with Gasteiger partial charge >= 0.3 is 0 Å². The van der Waals surface area contributed by atoms with E-state index in [1.807, 2.05) is 0 Å². The molecule has 1 saturated heterocycles. The maximum Gasteiger partial charge on any atom is 0.0107 e. The number of rotatable bonds is 4. The molecule has 20 heavy (non-hydrogen) atoms. The highest BCUT2D eigenvalue weighted by Gasteiger charge is 2.30. The number of hydrogen-bond donors (Lipinski definition) is 1. The fourth-order valence-electron chi connectivity index (χ4n) is 4.77. The molecule has 0 bridgehead atoms. The van der Waals surface area contributed by atoms with Crippen LogP contribution in [0.4, 0.5) is 0 Å². The summed E-state index contributed by atoms with van der Waals surface area (Å²) in [4.78, 5) is 2.74. The average Bonchev–Trinajstić information content (AvgIpc) is 2.49. The van der Waals surface area contributed by atoms with Gasteiger partial charge in [0.1, 0.15) is 0 Å². The molecular formula is C18H34N2. The van der Waals surface area contributed by atoms with Gasteiger partial charge in [-0.3, -0.25) is 0 Å². The van der Waals surface area contributed by atoms with E-state index in [9.17, 15) is 0 Å². The van der Waals surface area contributed by atoms with E-state index in [1.54, 1.807) is 0 Å². The molecule has 2 atom stereocenters. The first-order valence-electron chi connectivity index (χ1n) is 9.27. The molecule has 1 N–H and O–H groups in total. The van der Waals surface area contributed by atoms with Crippen LogP contribution in [0.15, 0.2) is 0 Å². The van der Waals surface area contributed by atoms with Crippen molar-refractivity contribution in [3.8, 4) is 0 Å². The lowest BCUT2D eigenvalue weighted by Crippen LogP contribution is -2.45. The monoisotopic (exact) mass is 278 g/mol. The van der Waals surface area contributed by atoms with Crippen molar-refractivity contribution in [3.05, 3.63) is 0 Å². The Morgan fingerprint density at radius 1 is 0.900 bits per heavy atom. The molecule has 3 rings (SSSR count). The fourth-order valence-corrected chi connectivity index (χ4v) is 4.77. The molecule has 116 valence electrons. The van der Waals surface area contributed by atoms with E-state index in [-0.39, 0.29) is 0 Å². The normalized spacial score (nSPS) is 39.5. The zero-order valence-corrected chi connectivity index (χ0v) is 13.4. The quantitative estimate of drug-likeness (QED) is 0.844. The largest absolute Gasteiger partial charge is 0.313 e. The van der Waals surface area contributed by atoms with Crippen LogP contribution in [0.3, 0.4) is 0 Å². The summed E-state index contributed by atoms with van der Waals surface area (Å²) >= 11 is 0. The van der Waals surface area contributed by atoms with E-state index in [1.165, 1.54) is 84.0 Å². The van der Waals surface area contributed by atoms with Crippen LogP contribution < -0.4 is 5.32 Å². The SMILES string of the molecule is CC1CCC(NCCN2CCC3CCCCC3C2)CC1. The van der Waals surface area contributed by atoms with Gasteiger partial charge in [0.25, 0.3) is 0 Å². The summed E-state index contributed by atoms with van der Waals surface area (Å²) < 4.78 is 0. The molecule has 0 spiro atoms. The zero-order valence-electron chi connectivity index (χ0n) is 13.4. The Kier molecular flexibility index (Phi) is 5.39. The van der Waals surface area contributed by atoms with Crippen LogP contribution in [0.2, 0.25) is 0 Å². The van der Waals surface area contributed by atoms with Crippen LogP contribution in [-0.4, -0.2) is 37.1 Å². The predicted octanol–water partition coefficient (Wildman–Crippen LogP) is 3.67. The Hall–Kier alpha value is -0.0800. The van der Waals surface area contributed by atoms with E-state index in [0.29, 0.717) is 0 Å². The van der Waals surface area contributed by atoms with E-state index < -0.39 is 0 Å². The molecule has 3 fully saturated rings. The minimum absolute atomic E-state index is 0.818. The molecule has 3 aliphatic rings. The van der Waals surface area contributed by atoms with E-state index in [0.717, 1.165) is 23.8 Å². The third kappa shape index (κ3) is 3.98. The molecule has 0 radical (unpaired) electrons. The lowest BCUT2D eigenvalue weighted by atomic mass is 9.75. The molecule has 0 aromatic carbocycles. The van der Waals surface area contributed by atoms with Crippen molar-refractivity contribution in [2.45, 2.75) is 70.8 Å². The Balaban J connectivity index is 1.32. The number of likely N-dealkylation sites (tertiary alicyclic amines) is 1. The van der Waals surface area contributed by atoms with Crippen molar-refractivity contribution < 1.29 is 0 Å². The molecule has 0 aromatic heterocycles. The zero-order chi connectivity index (χ0) is 13.8. The van der Waals surface area contributed by atoms with Gasteiger partial charge in [0.05, 0.1) is 0 Å². The van der Waals surface area contributed by atoms with Crippen LogP contribution in [0.25, 0.3) is 0 Å². The van der Waals surface area contributed by atoms with Crippen LogP contribution >= 0.6 is 0 Å².